The van der Waals surface area contributed by atoms with Gasteiger partial charge < -0.3 is 10.5 Å². The fraction of sp³-hybridized carbons (Fsp3) is 0.125. The molecule has 0 fully saturated rings. The number of hydrogen-bond donors (Lipinski definition) is 1. The summed E-state index contributed by atoms with van der Waals surface area (Å²) < 4.78 is 7.24. The van der Waals surface area contributed by atoms with Gasteiger partial charge in [-0.3, -0.25) is 4.57 Å². The van der Waals surface area contributed by atoms with Crippen molar-refractivity contribution >= 4 is 16.7 Å². The molecule has 0 radical (unpaired) electrons. The number of nitriles is 1. The quantitative estimate of drug-likeness (QED) is 0.747. The summed E-state index contributed by atoms with van der Waals surface area (Å²) in [5.74, 6) is 1.13. The molecule has 3 rings (SSSR count). The number of aromatic nitrogens is 2. The fourth-order valence-corrected chi connectivity index (χ4v) is 2.29. The summed E-state index contributed by atoms with van der Waals surface area (Å²) in [7, 11) is 0. The average molecular weight is 278 g/mol. The van der Waals surface area contributed by atoms with Gasteiger partial charge in [0.15, 0.2) is 0 Å². The van der Waals surface area contributed by atoms with Crippen molar-refractivity contribution < 1.29 is 4.74 Å². The smallest absolute Gasteiger partial charge is 0.218 e. The molecule has 0 aliphatic carbocycles. The second-order valence-electron chi connectivity index (χ2n) is 4.56. The summed E-state index contributed by atoms with van der Waals surface area (Å²) in [6.45, 7) is 2.56. The van der Waals surface area contributed by atoms with E-state index in [2.05, 4.69) is 11.1 Å². The van der Waals surface area contributed by atoms with Crippen LogP contribution < -0.4 is 10.5 Å². The molecule has 1 aromatic heterocycles. The number of anilines is 1. The van der Waals surface area contributed by atoms with Gasteiger partial charge in [0.25, 0.3) is 0 Å². The van der Waals surface area contributed by atoms with Gasteiger partial charge in [0.2, 0.25) is 5.82 Å². The van der Waals surface area contributed by atoms with E-state index in [1.165, 1.54) is 0 Å². The van der Waals surface area contributed by atoms with Crippen LogP contribution in [0, 0.1) is 11.3 Å². The molecule has 5 nitrogen and oxygen atoms in total. The monoisotopic (exact) mass is 278 g/mol. The van der Waals surface area contributed by atoms with Crippen LogP contribution in [0.4, 0.5) is 5.69 Å². The minimum Gasteiger partial charge on any atom is -0.494 e. The van der Waals surface area contributed by atoms with Gasteiger partial charge in [-0.05, 0) is 49.4 Å². The van der Waals surface area contributed by atoms with Gasteiger partial charge >= 0.3 is 0 Å². The Kier molecular flexibility index (Phi) is 3.20. The van der Waals surface area contributed by atoms with E-state index in [1.54, 1.807) is 12.1 Å². The lowest BCUT2D eigenvalue weighted by Gasteiger charge is -2.08. The van der Waals surface area contributed by atoms with Crippen molar-refractivity contribution in [1.29, 1.82) is 5.26 Å². The number of nitrogen functional groups attached to an aromatic ring is 1. The molecule has 0 saturated heterocycles. The highest BCUT2D eigenvalue weighted by atomic mass is 16.5. The fourth-order valence-electron chi connectivity index (χ4n) is 2.29. The first kappa shape index (κ1) is 13.0. The Morgan fingerprint density at radius 2 is 2.00 bits per heavy atom. The summed E-state index contributed by atoms with van der Waals surface area (Å²) in [6, 6.07) is 15.1. The van der Waals surface area contributed by atoms with E-state index in [9.17, 15) is 5.26 Å². The molecular formula is C16H14N4O. The second-order valence-corrected chi connectivity index (χ2v) is 4.56. The van der Waals surface area contributed by atoms with Crippen LogP contribution in [-0.2, 0) is 0 Å². The van der Waals surface area contributed by atoms with E-state index in [1.807, 2.05) is 41.8 Å². The Morgan fingerprint density at radius 1 is 1.24 bits per heavy atom. The normalized spacial score (nSPS) is 10.5. The summed E-state index contributed by atoms with van der Waals surface area (Å²) in [5.41, 5.74) is 8.82. The predicted molar refractivity (Wildman–Crippen MR) is 81.4 cm³/mol. The summed E-state index contributed by atoms with van der Waals surface area (Å²) >= 11 is 0. The second kappa shape index (κ2) is 5.17. The van der Waals surface area contributed by atoms with Gasteiger partial charge in [-0.15, -0.1) is 0 Å². The molecule has 0 aliphatic rings. The Hall–Kier alpha value is -3.00. The Morgan fingerprint density at radius 3 is 2.67 bits per heavy atom. The minimum atomic E-state index is 0.333. The molecule has 0 spiro atoms. The predicted octanol–water partition coefficient (Wildman–Crippen LogP) is 2.88. The van der Waals surface area contributed by atoms with Gasteiger partial charge in [0, 0.05) is 11.4 Å². The molecular weight excluding hydrogens is 264 g/mol. The first-order valence-electron chi connectivity index (χ1n) is 6.64. The number of rotatable bonds is 3. The SMILES string of the molecule is CCOc1ccc(-n2c(C#N)nc3cc(N)ccc32)cc1. The number of ether oxygens (including phenoxy) is 1. The molecule has 0 atom stereocenters. The van der Waals surface area contributed by atoms with E-state index < -0.39 is 0 Å². The minimum absolute atomic E-state index is 0.333. The molecule has 0 amide bonds. The molecule has 0 bridgehead atoms. The first-order chi connectivity index (χ1) is 10.2. The van der Waals surface area contributed by atoms with Crippen LogP contribution in [0.1, 0.15) is 12.7 Å². The third kappa shape index (κ3) is 2.28. The van der Waals surface area contributed by atoms with Crippen LogP contribution in [0.5, 0.6) is 5.75 Å². The number of hydrogen-bond acceptors (Lipinski definition) is 4. The standard InChI is InChI=1S/C16H14N4O/c1-2-21-13-6-4-12(5-7-13)20-15-8-3-11(18)9-14(15)19-16(20)10-17/h3-9H,2,18H2,1H3. The van der Waals surface area contributed by atoms with Gasteiger partial charge in [0.1, 0.15) is 11.8 Å². The number of nitrogens with two attached hydrogens (primary N) is 1. The van der Waals surface area contributed by atoms with Crippen LogP contribution in [0.15, 0.2) is 42.5 Å². The first-order valence-corrected chi connectivity index (χ1v) is 6.64. The van der Waals surface area contributed by atoms with Crippen LogP contribution >= 0.6 is 0 Å². The van der Waals surface area contributed by atoms with Crippen LogP contribution in [0.2, 0.25) is 0 Å². The molecule has 3 aromatic rings. The molecule has 5 heteroatoms. The van der Waals surface area contributed by atoms with Crippen molar-refractivity contribution in [2.45, 2.75) is 6.92 Å². The number of benzene rings is 2. The zero-order valence-corrected chi connectivity index (χ0v) is 11.6. The number of imidazole rings is 1. The zero-order chi connectivity index (χ0) is 14.8. The number of nitrogens with zero attached hydrogens (tertiary/aromatic N) is 3. The summed E-state index contributed by atoms with van der Waals surface area (Å²) in [5, 5.41) is 9.30. The molecule has 0 unspecified atom stereocenters. The van der Waals surface area contributed by atoms with Crippen molar-refractivity contribution in [3.05, 3.63) is 48.3 Å². The average Bonchev–Trinajstić information content (AvgIpc) is 2.86. The molecule has 21 heavy (non-hydrogen) atoms. The maximum atomic E-state index is 9.30. The number of fused-ring (bicyclic) bond motifs is 1. The highest BCUT2D eigenvalue weighted by Crippen LogP contribution is 2.24. The lowest BCUT2D eigenvalue weighted by Crippen LogP contribution is -1.98. The molecule has 2 N–H and O–H groups in total. The molecule has 0 saturated carbocycles. The summed E-state index contributed by atoms with van der Waals surface area (Å²) in [4.78, 5) is 4.32. The zero-order valence-electron chi connectivity index (χ0n) is 11.6. The van der Waals surface area contributed by atoms with Crippen molar-refractivity contribution in [1.82, 2.24) is 9.55 Å². The lowest BCUT2D eigenvalue weighted by atomic mass is 10.2. The lowest BCUT2D eigenvalue weighted by molar-refractivity contribution is 0.340. The highest BCUT2D eigenvalue weighted by Gasteiger charge is 2.12. The van der Waals surface area contributed by atoms with Crippen molar-refractivity contribution in [2.24, 2.45) is 0 Å². The Bertz CT molecular complexity index is 828. The van der Waals surface area contributed by atoms with Crippen molar-refractivity contribution in [3.8, 4) is 17.5 Å². The molecule has 0 aliphatic heterocycles. The van der Waals surface area contributed by atoms with Gasteiger partial charge in [-0.25, -0.2) is 4.98 Å². The highest BCUT2D eigenvalue weighted by molar-refractivity contribution is 5.82. The Labute approximate surface area is 122 Å². The van der Waals surface area contributed by atoms with Crippen molar-refractivity contribution in [2.75, 3.05) is 12.3 Å². The van der Waals surface area contributed by atoms with Gasteiger partial charge in [-0.2, -0.15) is 5.26 Å². The molecule has 104 valence electrons. The Balaban J connectivity index is 2.16. The van der Waals surface area contributed by atoms with E-state index in [0.29, 0.717) is 23.6 Å². The third-order valence-electron chi connectivity index (χ3n) is 3.18. The van der Waals surface area contributed by atoms with E-state index >= 15 is 0 Å². The van der Waals surface area contributed by atoms with Crippen molar-refractivity contribution in [3.63, 3.8) is 0 Å². The van der Waals surface area contributed by atoms with E-state index in [4.69, 9.17) is 10.5 Å². The largest absolute Gasteiger partial charge is 0.494 e. The molecule has 2 aromatic carbocycles. The van der Waals surface area contributed by atoms with Gasteiger partial charge in [0.05, 0.1) is 17.6 Å². The summed E-state index contributed by atoms with van der Waals surface area (Å²) in [6.07, 6.45) is 0. The van der Waals surface area contributed by atoms with E-state index in [0.717, 1.165) is 17.0 Å². The van der Waals surface area contributed by atoms with Crippen LogP contribution in [0.3, 0.4) is 0 Å². The third-order valence-corrected chi connectivity index (χ3v) is 3.18. The maximum absolute atomic E-state index is 9.30. The maximum Gasteiger partial charge on any atom is 0.218 e. The topological polar surface area (TPSA) is 76.9 Å². The van der Waals surface area contributed by atoms with Crippen LogP contribution in [0.25, 0.3) is 16.7 Å². The van der Waals surface area contributed by atoms with Gasteiger partial charge in [-0.1, -0.05) is 0 Å². The molecule has 1 heterocycles. The van der Waals surface area contributed by atoms with E-state index in [-0.39, 0.29) is 0 Å². The van der Waals surface area contributed by atoms with Crippen LogP contribution in [-0.4, -0.2) is 16.2 Å².